The fraction of sp³-hybridized carbons (Fsp3) is 0.636. The lowest BCUT2D eigenvalue weighted by molar-refractivity contribution is -0.165. The number of imide groups is 1. The normalized spacial score (nSPS) is 25.3. The maximum absolute atomic E-state index is 12.8. The minimum Gasteiger partial charge on any atom is -0.443 e. The monoisotopic (exact) mass is 405 g/mol. The molecule has 1 aromatic carbocycles. The summed E-state index contributed by atoms with van der Waals surface area (Å²) >= 11 is 0. The van der Waals surface area contributed by atoms with Crippen LogP contribution in [0.5, 0.6) is 0 Å². The molecule has 2 heterocycles. The molecule has 0 bridgehead atoms. The molecule has 0 aliphatic carbocycles. The molecule has 2 amide bonds. The zero-order valence-corrected chi connectivity index (χ0v) is 17.8. The summed E-state index contributed by atoms with van der Waals surface area (Å²) in [5.74, 6) is -0.992. The second-order valence-electron chi connectivity index (χ2n) is 8.98. The van der Waals surface area contributed by atoms with Gasteiger partial charge in [-0.05, 0) is 46.6 Å². The van der Waals surface area contributed by atoms with Crippen molar-refractivity contribution in [3.8, 4) is 0 Å². The summed E-state index contributed by atoms with van der Waals surface area (Å²) < 4.78 is 23.5. The van der Waals surface area contributed by atoms with Gasteiger partial charge in [0.15, 0.2) is 5.79 Å². The Hall–Kier alpha value is -1.96. The standard InChI is InChI=1S/C22H31NO6/c1-21(2,3)29-20(25)23-16(11-12-18(23)24)19(17-14-27-22(4,5)28-17)26-13-15-9-7-6-8-10-15/h6-10,16-17,19H,11-14H2,1-5H3/t16-,17-,19+/m1/s1. The minimum atomic E-state index is -0.738. The fourth-order valence-electron chi connectivity index (χ4n) is 3.68. The van der Waals surface area contributed by atoms with Crippen molar-refractivity contribution in [2.45, 2.75) is 83.7 Å². The van der Waals surface area contributed by atoms with Crippen molar-refractivity contribution in [3.05, 3.63) is 35.9 Å². The number of rotatable bonds is 5. The van der Waals surface area contributed by atoms with Gasteiger partial charge in [0.2, 0.25) is 5.91 Å². The van der Waals surface area contributed by atoms with E-state index >= 15 is 0 Å². The maximum Gasteiger partial charge on any atom is 0.417 e. The molecule has 7 nitrogen and oxygen atoms in total. The average molecular weight is 405 g/mol. The zero-order chi connectivity index (χ0) is 21.2. The molecule has 0 aromatic heterocycles. The number of carbonyl (C=O) groups excluding carboxylic acids is 2. The summed E-state index contributed by atoms with van der Waals surface area (Å²) in [7, 11) is 0. The van der Waals surface area contributed by atoms with E-state index in [1.807, 2.05) is 44.2 Å². The second kappa shape index (κ2) is 8.42. The highest BCUT2D eigenvalue weighted by Gasteiger charge is 2.49. The third kappa shape index (κ3) is 5.56. The van der Waals surface area contributed by atoms with Crippen LogP contribution in [0.3, 0.4) is 0 Å². The highest BCUT2D eigenvalue weighted by Crippen LogP contribution is 2.33. The van der Waals surface area contributed by atoms with E-state index in [2.05, 4.69) is 0 Å². The van der Waals surface area contributed by atoms with Gasteiger partial charge in [0, 0.05) is 6.42 Å². The van der Waals surface area contributed by atoms with Crippen molar-refractivity contribution < 1.29 is 28.5 Å². The number of hydrogen-bond acceptors (Lipinski definition) is 6. The molecule has 0 radical (unpaired) electrons. The van der Waals surface area contributed by atoms with Crippen molar-refractivity contribution in [1.82, 2.24) is 4.90 Å². The number of carbonyl (C=O) groups is 2. The predicted molar refractivity (Wildman–Crippen MR) is 106 cm³/mol. The molecule has 2 fully saturated rings. The molecule has 29 heavy (non-hydrogen) atoms. The van der Waals surface area contributed by atoms with Crippen LogP contribution in [0.25, 0.3) is 0 Å². The van der Waals surface area contributed by atoms with Gasteiger partial charge in [0.1, 0.15) is 17.8 Å². The van der Waals surface area contributed by atoms with Crippen LogP contribution < -0.4 is 0 Å². The summed E-state index contributed by atoms with van der Waals surface area (Å²) in [5.41, 5.74) is 0.309. The summed E-state index contributed by atoms with van der Waals surface area (Å²) in [6, 6.07) is 9.30. The molecule has 0 N–H and O–H groups in total. The molecule has 3 rings (SSSR count). The number of benzene rings is 1. The minimum absolute atomic E-state index is 0.254. The van der Waals surface area contributed by atoms with Gasteiger partial charge in [0.25, 0.3) is 0 Å². The number of amides is 2. The first-order valence-corrected chi connectivity index (χ1v) is 10.1. The number of ether oxygens (including phenoxy) is 4. The number of hydrogen-bond donors (Lipinski definition) is 0. The summed E-state index contributed by atoms with van der Waals surface area (Å²) in [6.45, 7) is 9.69. The van der Waals surface area contributed by atoms with E-state index < -0.39 is 35.7 Å². The fourth-order valence-corrected chi connectivity index (χ4v) is 3.68. The SMILES string of the molecule is CC(C)(C)OC(=O)N1C(=O)CC[C@@H]1[C@H](OCc1ccccc1)[C@H]1COC(C)(C)O1. The van der Waals surface area contributed by atoms with E-state index in [9.17, 15) is 9.59 Å². The van der Waals surface area contributed by atoms with Crippen LogP contribution >= 0.6 is 0 Å². The van der Waals surface area contributed by atoms with Crippen LogP contribution in [0.1, 0.15) is 53.0 Å². The maximum atomic E-state index is 12.8. The Labute approximate surface area is 172 Å². The molecule has 0 unspecified atom stereocenters. The van der Waals surface area contributed by atoms with Crippen LogP contribution in [-0.4, -0.2) is 53.1 Å². The Kier molecular flexibility index (Phi) is 6.31. The zero-order valence-electron chi connectivity index (χ0n) is 17.8. The predicted octanol–water partition coefficient (Wildman–Crippen LogP) is 3.65. The van der Waals surface area contributed by atoms with E-state index in [1.165, 1.54) is 4.90 Å². The van der Waals surface area contributed by atoms with Gasteiger partial charge in [-0.15, -0.1) is 0 Å². The lowest BCUT2D eigenvalue weighted by Gasteiger charge is -2.34. The Bertz CT molecular complexity index is 727. The van der Waals surface area contributed by atoms with E-state index in [4.69, 9.17) is 18.9 Å². The van der Waals surface area contributed by atoms with Crippen molar-refractivity contribution in [2.75, 3.05) is 6.61 Å². The molecule has 2 aliphatic rings. The van der Waals surface area contributed by atoms with Crippen LogP contribution in [-0.2, 0) is 30.3 Å². The van der Waals surface area contributed by atoms with Crippen LogP contribution in [0.2, 0.25) is 0 Å². The van der Waals surface area contributed by atoms with Gasteiger partial charge < -0.3 is 18.9 Å². The summed E-state index contributed by atoms with van der Waals surface area (Å²) in [6.07, 6.45) is -0.786. The molecule has 1 aromatic rings. The van der Waals surface area contributed by atoms with Gasteiger partial charge >= 0.3 is 6.09 Å². The van der Waals surface area contributed by atoms with Crippen molar-refractivity contribution in [1.29, 1.82) is 0 Å². The Morgan fingerprint density at radius 2 is 1.97 bits per heavy atom. The Morgan fingerprint density at radius 3 is 2.55 bits per heavy atom. The second-order valence-corrected chi connectivity index (χ2v) is 8.98. The topological polar surface area (TPSA) is 74.3 Å². The largest absolute Gasteiger partial charge is 0.443 e. The van der Waals surface area contributed by atoms with E-state index in [-0.39, 0.29) is 12.3 Å². The van der Waals surface area contributed by atoms with Crippen molar-refractivity contribution in [3.63, 3.8) is 0 Å². The van der Waals surface area contributed by atoms with E-state index in [0.29, 0.717) is 19.6 Å². The highest BCUT2D eigenvalue weighted by molar-refractivity contribution is 5.94. The third-order valence-electron chi connectivity index (χ3n) is 4.91. The summed E-state index contributed by atoms with van der Waals surface area (Å²) in [5, 5.41) is 0. The van der Waals surface area contributed by atoms with E-state index in [1.54, 1.807) is 20.8 Å². The third-order valence-corrected chi connectivity index (χ3v) is 4.91. The first kappa shape index (κ1) is 21.7. The molecule has 0 spiro atoms. The smallest absolute Gasteiger partial charge is 0.417 e. The summed E-state index contributed by atoms with van der Waals surface area (Å²) in [4.78, 5) is 26.5. The van der Waals surface area contributed by atoms with E-state index in [0.717, 1.165) is 5.56 Å². The van der Waals surface area contributed by atoms with Crippen LogP contribution in [0.4, 0.5) is 4.79 Å². The number of nitrogens with zero attached hydrogens (tertiary/aromatic N) is 1. The Balaban J connectivity index is 1.81. The quantitative estimate of drug-likeness (QED) is 0.744. The number of likely N-dealkylation sites (tertiary alicyclic amines) is 1. The van der Waals surface area contributed by atoms with Gasteiger partial charge in [-0.25, -0.2) is 9.69 Å². The van der Waals surface area contributed by atoms with Gasteiger partial charge in [-0.3, -0.25) is 4.79 Å². The first-order chi connectivity index (χ1) is 13.6. The molecular weight excluding hydrogens is 374 g/mol. The van der Waals surface area contributed by atoms with Crippen molar-refractivity contribution >= 4 is 12.0 Å². The molecule has 2 aliphatic heterocycles. The molecular formula is C22H31NO6. The van der Waals surface area contributed by atoms with Gasteiger partial charge in [0.05, 0.1) is 19.3 Å². The van der Waals surface area contributed by atoms with Crippen LogP contribution in [0.15, 0.2) is 30.3 Å². The first-order valence-electron chi connectivity index (χ1n) is 10.1. The Morgan fingerprint density at radius 1 is 1.28 bits per heavy atom. The van der Waals surface area contributed by atoms with Crippen molar-refractivity contribution in [2.24, 2.45) is 0 Å². The molecule has 7 heteroatoms. The molecule has 2 saturated heterocycles. The lowest BCUT2D eigenvalue weighted by atomic mass is 10.0. The highest BCUT2D eigenvalue weighted by atomic mass is 16.7. The van der Waals surface area contributed by atoms with Gasteiger partial charge in [-0.1, -0.05) is 30.3 Å². The average Bonchev–Trinajstić information content (AvgIpc) is 3.17. The van der Waals surface area contributed by atoms with Crippen LogP contribution in [0, 0.1) is 0 Å². The molecule has 0 saturated carbocycles. The lowest BCUT2D eigenvalue weighted by Crippen LogP contribution is -2.52. The van der Waals surface area contributed by atoms with Gasteiger partial charge in [-0.2, -0.15) is 0 Å². The molecule has 160 valence electrons. The molecule has 3 atom stereocenters.